The average molecular weight is 246 g/mol. The molecular weight excluding hydrogens is 224 g/mol. The molecule has 2 unspecified atom stereocenters. The maximum Gasteiger partial charge on any atom is 0.221 e. The van der Waals surface area contributed by atoms with Crippen LogP contribution in [0.1, 0.15) is 26.2 Å². The van der Waals surface area contributed by atoms with Crippen molar-refractivity contribution in [2.24, 2.45) is 11.7 Å². The lowest BCUT2D eigenvalue weighted by molar-refractivity contribution is -0.122. The Balaban J connectivity index is 2.18. The average Bonchev–Trinajstić information content (AvgIpc) is 2.98. The second kappa shape index (κ2) is 5.89. The predicted octanol–water partition coefficient (Wildman–Crippen LogP) is 0.344. The summed E-state index contributed by atoms with van der Waals surface area (Å²) >= 11 is 1.56. The van der Waals surface area contributed by atoms with E-state index >= 15 is 0 Å². The Morgan fingerprint density at radius 3 is 2.81 bits per heavy atom. The zero-order chi connectivity index (χ0) is 12.2. The first-order valence-corrected chi connectivity index (χ1v) is 7.07. The summed E-state index contributed by atoms with van der Waals surface area (Å²) in [4.78, 5) is 11.5. The molecule has 16 heavy (non-hydrogen) atoms. The third-order valence-corrected chi connectivity index (χ3v) is 3.68. The molecule has 1 aliphatic carbocycles. The van der Waals surface area contributed by atoms with Gasteiger partial charge in [-0.3, -0.25) is 4.79 Å². The Morgan fingerprint density at radius 1 is 1.69 bits per heavy atom. The van der Waals surface area contributed by atoms with Crippen LogP contribution in [-0.2, 0) is 4.79 Å². The summed E-state index contributed by atoms with van der Waals surface area (Å²) in [5.41, 5.74) is 5.02. The van der Waals surface area contributed by atoms with Gasteiger partial charge in [-0.2, -0.15) is 11.8 Å². The predicted molar refractivity (Wildman–Crippen MR) is 67.3 cm³/mol. The number of nitrogens with one attached hydrogen (secondary N) is 1. The van der Waals surface area contributed by atoms with Crippen LogP contribution in [0.3, 0.4) is 0 Å². The monoisotopic (exact) mass is 246 g/mol. The number of aliphatic hydroxyl groups is 1. The van der Waals surface area contributed by atoms with E-state index in [1.54, 1.807) is 18.7 Å². The Bertz CT molecular complexity index is 242. The van der Waals surface area contributed by atoms with Crippen LogP contribution in [0.15, 0.2) is 0 Å². The number of rotatable bonds is 7. The van der Waals surface area contributed by atoms with Gasteiger partial charge < -0.3 is 16.2 Å². The fourth-order valence-corrected chi connectivity index (χ4v) is 2.35. The van der Waals surface area contributed by atoms with Crippen LogP contribution in [0.5, 0.6) is 0 Å². The SMILES string of the molecule is CSCC(C)(O)CNC(=O)CC(N)C1CC1. The zero-order valence-electron chi connectivity index (χ0n) is 10.0. The summed E-state index contributed by atoms with van der Waals surface area (Å²) in [5.74, 6) is 1.10. The van der Waals surface area contributed by atoms with Crippen LogP contribution in [0.2, 0.25) is 0 Å². The second-order valence-corrected chi connectivity index (χ2v) is 5.78. The molecule has 0 bridgehead atoms. The second-order valence-electron chi connectivity index (χ2n) is 4.91. The van der Waals surface area contributed by atoms with E-state index in [9.17, 15) is 9.90 Å². The van der Waals surface area contributed by atoms with Gasteiger partial charge in [0.1, 0.15) is 0 Å². The first-order chi connectivity index (χ1) is 7.44. The van der Waals surface area contributed by atoms with Crippen molar-refractivity contribution < 1.29 is 9.90 Å². The number of nitrogens with two attached hydrogens (primary N) is 1. The van der Waals surface area contributed by atoms with Gasteiger partial charge in [0.05, 0.1) is 5.60 Å². The minimum atomic E-state index is -0.835. The smallest absolute Gasteiger partial charge is 0.221 e. The zero-order valence-corrected chi connectivity index (χ0v) is 10.8. The lowest BCUT2D eigenvalue weighted by Crippen LogP contribution is -2.44. The molecule has 1 rings (SSSR count). The highest BCUT2D eigenvalue weighted by molar-refractivity contribution is 7.98. The summed E-state index contributed by atoms with van der Waals surface area (Å²) in [6.45, 7) is 2.02. The molecule has 4 N–H and O–H groups in total. The first kappa shape index (κ1) is 13.8. The van der Waals surface area contributed by atoms with Crippen molar-refractivity contribution in [2.45, 2.75) is 37.8 Å². The van der Waals surface area contributed by atoms with Gasteiger partial charge in [0, 0.05) is 24.8 Å². The van der Waals surface area contributed by atoms with Crippen molar-refractivity contribution in [2.75, 3.05) is 18.6 Å². The van der Waals surface area contributed by atoms with Gasteiger partial charge in [0.15, 0.2) is 0 Å². The highest BCUT2D eigenvalue weighted by Crippen LogP contribution is 2.32. The van der Waals surface area contributed by atoms with Crippen LogP contribution in [-0.4, -0.2) is 41.2 Å². The molecule has 0 spiro atoms. The summed E-state index contributed by atoms with van der Waals surface area (Å²) < 4.78 is 0. The third kappa shape index (κ3) is 5.18. The van der Waals surface area contributed by atoms with E-state index < -0.39 is 5.60 Å². The molecule has 5 heteroatoms. The Morgan fingerprint density at radius 2 is 2.31 bits per heavy atom. The van der Waals surface area contributed by atoms with Crippen molar-refractivity contribution >= 4 is 17.7 Å². The number of hydrogen-bond donors (Lipinski definition) is 3. The van der Waals surface area contributed by atoms with Crippen molar-refractivity contribution in [1.82, 2.24) is 5.32 Å². The normalized spacial score (nSPS) is 21.2. The molecule has 4 nitrogen and oxygen atoms in total. The highest BCUT2D eigenvalue weighted by Gasteiger charge is 2.30. The van der Waals surface area contributed by atoms with E-state index in [4.69, 9.17) is 5.73 Å². The Labute approximate surface area is 101 Å². The lowest BCUT2D eigenvalue weighted by Gasteiger charge is -2.23. The summed E-state index contributed by atoms with van der Waals surface area (Å²) in [7, 11) is 0. The minimum Gasteiger partial charge on any atom is -0.387 e. The molecule has 0 radical (unpaired) electrons. The van der Waals surface area contributed by atoms with E-state index in [2.05, 4.69) is 5.32 Å². The van der Waals surface area contributed by atoms with E-state index in [0.29, 0.717) is 24.6 Å². The molecule has 1 amide bonds. The standard InChI is InChI=1S/C11H22N2O2S/c1-11(15,7-16-2)6-13-10(14)5-9(12)8-3-4-8/h8-9,15H,3-7,12H2,1-2H3,(H,13,14). The molecule has 0 heterocycles. The molecule has 1 aliphatic rings. The molecular formula is C11H22N2O2S. The number of carbonyl (C=O) groups excluding carboxylic acids is 1. The molecule has 0 saturated heterocycles. The van der Waals surface area contributed by atoms with Gasteiger partial charge >= 0.3 is 0 Å². The fourth-order valence-electron chi connectivity index (χ4n) is 1.63. The molecule has 1 fully saturated rings. The number of thioether (sulfide) groups is 1. The van der Waals surface area contributed by atoms with Crippen LogP contribution >= 0.6 is 11.8 Å². The summed E-state index contributed by atoms with van der Waals surface area (Å²) in [5, 5.41) is 12.6. The topological polar surface area (TPSA) is 75.3 Å². The van der Waals surface area contributed by atoms with Crippen LogP contribution in [0.25, 0.3) is 0 Å². The van der Waals surface area contributed by atoms with Crippen LogP contribution < -0.4 is 11.1 Å². The fraction of sp³-hybridized carbons (Fsp3) is 0.909. The van der Waals surface area contributed by atoms with E-state index in [1.165, 1.54) is 0 Å². The molecule has 0 aliphatic heterocycles. The van der Waals surface area contributed by atoms with Crippen LogP contribution in [0.4, 0.5) is 0 Å². The lowest BCUT2D eigenvalue weighted by atomic mass is 10.1. The molecule has 0 aromatic carbocycles. The van der Waals surface area contributed by atoms with Gasteiger partial charge in [-0.25, -0.2) is 0 Å². The number of carbonyl (C=O) groups is 1. The van der Waals surface area contributed by atoms with Gasteiger partial charge in [0.25, 0.3) is 0 Å². The van der Waals surface area contributed by atoms with Gasteiger partial charge in [-0.1, -0.05) is 0 Å². The van der Waals surface area contributed by atoms with Gasteiger partial charge in [-0.05, 0) is 31.9 Å². The minimum absolute atomic E-state index is 0.00880. The van der Waals surface area contributed by atoms with Crippen molar-refractivity contribution in [3.8, 4) is 0 Å². The van der Waals surface area contributed by atoms with E-state index in [1.807, 2.05) is 6.26 Å². The molecule has 0 aromatic rings. The van der Waals surface area contributed by atoms with Gasteiger partial charge in [0.2, 0.25) is 5.91 Å². The van der Waals surface area contributed by atoms with E-state index in [-0.39, 0.29) is 11.9 Å². The first-order valence-electron chi connectivity index (χ1n) is 5.68. The Kier molecular flexibility index (Phi) is 5.08. The van der Waals surface area contributed by atoms with Crippen LogP contribution in [0, 0.1) is 5.92 Å². The highest BCUT2D eigenvalue weighted by atomic mass is 32.2. The van der Waals surface area contributed by atoms with Crippen molar-refractivity contribution in [3.63, 3.8) is 0 Å². The molecule has 0 aromatic heterocycles. The molecule has 1 saturated carbocycles. The third-order valence-electron chi connectivity index (χ3n) is 2.77. The maximum atomic E-state index is 11.5. The summed E-state index contributed by atoms with van der Waals surface area (Å²) in [6, 6.07) is -0.00880. The number of hydrogen-bond acceptors (Lipinski definition) is 4. The number of amides is 1. The maximum absolute atomic E-state index is 11.5. The quantitative estimate of drug-likeness (QED) is 0.606. The largest absolute Gasteiger partial charge is 0.387 e. The van der Waals surface area contributed by atoms with Gasteiger partial charge in [-0.15, -0.1) is 0 Å². The van der Waals surface area contributed by atoms with E-state index in [0.717, 1.165) is 12.8 Å². The molecule has 2 atom stereocenters. The summed E-state index contributed by atoms with van der Waals surface area (Å²) in [6.07, 6.45) is 4.61. The van der Waals surface area contributed by atoms with Crippen molar-refractivity contribution in [3.05, 3.63) is 0 Å². The molecule has 94 valence electrons. The Hall–Kier alpha value is -0.260. The van der Waals surface area contributed by atoms with Crippen molar-refractivity contribution in [1.29, 1.82) is 0 Å².